The summed E-state index contributed by atoms with van der Waals surface area (Å²) in [6, 6.07) is 107. The van der Waals surface area contributed by atoms with Crippen LogP contribution >= 0.6 is 0 Å². The van der Waals surface area contributed by atoms with Crippen LogP contribution in [0.25, 0.3) is 60.9 Å². The number of nitrogens with zero attached hydrogens (tertiary/aromatic N) is 2. The Morgan fingerprint density at radius 2 is 0.638 bits per heavy atom. The highest BCUT2D eigenvalue weighted by molar-refractivity contribution is 7.20. The van der Waals surface area contributed by atoms with E-state index in [1.807, 2.05) is 0 Å². The van der Waals surface area contributed by atoms with E-state index >= 15 is 0 Å². The van der Waals surface area contributed by atoms with Gasteiger partial charge in [0.25, 0.3) is 0 Å². The van der Waals surface area contributed by atoms with Crippen molar-refractivity contribution in [1.82, 2.24) is 4.57 Å². The molecule has 1 heterocycles. The first-order valence-electron chi connectivity index (χ1n) is 23.8. The fraction of sp³-hybridized carbons (Fsp3) is 0. The molecule has 2 nitrogen and oxygen atoms in total. The Kier molecular flexibility index (Phi) is 11.0. The summed E-state index contributed by atoms with van der Waals surface area (Å²) in [6.07, 6.45) is 0. The number of anilines is 3. The van der Waals surface area contributed by atoms with E-state index in [1.165, 1.54) is 64.8 Å². The minimum Gasteiger partial charge on any atom is -0.311 e. The van der Waals surface area contributed by atoms with Crippen LogP contribution in [0.1, 0.15) is 0 Å². The van der Waals surface area contributed by atoms with Gasteiger partial charge in [-0.2, -0.15) is 0 Å². The van der Waals surface area contributed by atoms with E-state index in [0.29, 0.717) is 0 Å². The number of benzene rings is 11. The highest BCUT2D eigenvalue weighted by atomic mass is 28.3. The van der Waals surface area contributed by atoms with Gasteiger partial charge in [0.05, 0.1) is 11.0 Å². The normalized spacial score (nSPS) is 11.5. The molecule has 0 atom stereocenters. The van der Waals surface area contributed by atoms with Gasteiger partial charge in [0, 0.05) is 33.5 Å². The monoisotopic (exact) mass is 896 g/mol. The van der Waals surface area contributed by atoms with Crippen molar-refractivity contribution >= 4 is 67.7 Å². The molecular formula is C66H48N2Si. The largest absolute Gasteiger partial charge is 0.311 e. The molecule has 69 heavy (non-hydrogen) atoms. The van der Waals surface area contributed by atoms with Crippen LogP contribution in [0.2, 0.25) is 0 Å². The highest BCUT2D eigenvalue weighted by Gasteiger charge is 2.43. The first-order valence-corrected chi connectivity index (χ1v) is 25.8. The lowest BCUT2D eigenvalue weighted by Gasteiger charge is -2.35. The van der Waals surface area contributed by atoms with Gasteiger partial charge in [0.15, 0.2) is 8.07 Å². The van der Waals surface area contributed by atoms with Gasteiger partial charge in [-0.05, 0) is 109 Å². The molecule has 12 rings (SSSR count). The van der Waals surface area contributed by atoms with Crippen LogP contribution in [-0.2, 0) is 0 Å². The molecule has 0 aliphatic heterocycles. The van der Waals surface area contributed by atoms with Crippen molar-refractivity contribution in [2.45, 2.75) is 0 Å². The second-order valence-corrected chi connectivity index (χ2v) is 21.4. The van der Waals surface area contributed by atoms with E-state index in [1.54, 1.807) is 0 Å². The van der Waals surface area contributed by atoms with Crippen LogP contribution in [0.3, 0.4) is 0 Å². The molecule has 0 amide bonds. The van der Waals surface area contributed by atoms with E-state index in [4.69, 9.17) is 0 Å². The van der Waals surface area contributed by atoms with Crippen molar-refractivity contribution in [2.75, 3.05) is 4.90 Å². The first kappa shape index (κ1) is 41.7. The van der Waals surface area contributed by atoms with E-state index in [2.05, 4.69) is 301 Å². The topological polar surface area (TPSA) is 8.17 Å². The molecule has 0 saturated carbocycles. The third-order valence-corrected chi connectivity index (χ3v) is 18.6. The standard InChI is InChI=1S/C66H48N2Si/c1-6-20-49(21-7-1)51-36-42-55(43-37-51)67(56-44-38-52(39-45-56)50-22-8-2-9-23-50)57-46-40-53(41-47-57)54-24-18-25-58(48-54)68-64-34-17-16-32-62(64)63-33-19-35-65(66(63)68)69(59-26-10-3-11-27-59,60-28-12-4-13-29-60)61-30-14-5-15-31-61/h1-48H. The van der Waals surface area contributed by atoms with Gasteiger partial charge < -0.3 is 9.47 Å². The fourth-order valence-corrected chi connectivity index (χ4v) is 15.5. The summed E-state index contributed by atoms with van der Waals surface area (Å²) in [5, 5.41) is 7.93. The van der Waals surface area contributed by atoms with Crippen molar-refractivity contribution in [3.63, 3.8) is 0 Å². The third-order valence-electron chi connectivity index (χ3n) is 13.7. The number of fused-ring (bicyclic) bond motifs is 3. The molecule has 0 fully saturated rings. The Morgan fingerprint density at radius 3 is 1.12 bits per heavy atom. The van der Waals surface area contributed by atoms with Gasteiger partial charge >= 0.3 is 0 Å². The highest BCUT2D eigenvalue weighted by Crippen LogP contribution is 2.39. The molecule has 0 N–H and O–H groups in total. The zero-order valence-electron chi connectivity index (χ0n) is 38.1. The van der Waals surface area contributed by atoms with Gasteiger partial charge in [0.1, 0.15) is 0 Å². The zero-order chi connectivity index (χ0) is 46.0. The number of aromatic nitrogens is 1. The lowest BCUT2D eigenvalue weighted by atomic mass is 10.0. The van der Waals surface area contributed by atoms with Gasteiger partial charge in [0.2, 0.25) is 0 Å². The molecule has 0 spiro atoms. The molecule has 0 radical (unpaired) electrons. The summed E-state index contributed by atoms with van der Waals surface area (Å²) in [5.41, 5.74) is 14.0. The number of rotatable bonds is 11. The van der Waals surface area contributed by atoms with Gasteiger partial charge in [-0.1, -0.05) is 237 Å². The summed E-state index contributed by atoms with van der Waals surface area (Å²) in [4.78, 5) is 2.35. The predicted molar refractivity (Wildman–Crippen MR) is 295 cm³/mol. The third kappa shape index (κ3) is 7.56. The first-order chi connectivity index (χ1) is 34.2. The number of hydrogen-bond donors (Lipinski definition) is 0. The minimum atomic E-state index is -2.91. The lowest BCUT2D eigenvalue weighted by molar-refractivity contribution is 1.18. The second kappa shape index (κ2) is 18.1. The SMILES string of the molecule is c1ccc(-c2ccc(N(c3ccc(-c4ccccc4)cc3)c3ccc(-c4cccc(-n5c6ccccc6c6cccc([Si](c7ccccc7)(c7ccccc7)c7ccccc7)c65)c4)cc3)cc2)cc1. The van der Waals surface area contributed by atoms with Gasteiger partial charge in [-0.15, -0.1) is 0 Å². The summed E-state index contributed by atoms with van der Waals surface area (Å²) >= 11 is 0. The van der Waals surface area contributed by atoms with E-state index < -0.39 is 8.07 Å². The van der Waals surface area contributed by atoms with Crippen LogP contribution in [0, 0.1) is 0 Å². The molecule has 11 aromatic carbocycles. The smallest absolute Gasteiger partial charge is 0.181 e. The van der Waals surface area contributed by atoms with Crippen molar-refractivity contribution in [2.24, 2.45) is 0 Å². The van der Waals surface area contributed by atoms with Crippen LogP contribution in [0.5, 0.6) is 0 Å². The molecule has 326 valence electrons. The van der Waals surface area contributed by atoms with Gasteiger partial charge in [-0.3, -0.25) is 0 Å². The van der Waals surface area contributed by atoms with E-state index in [0.717, 1.165) is 33.9 Å². The van der Waals surface area contributed by atoms with Crippen LogP contribution in [0.4, 0.5) is 17.1 Å². The summed E-state index contributed by atoms with van der Waals surface area (Å²) < 4.78 is 2.54. The quantitative estimate of drug-likeness (QED) is 0.0928. The molecule has 0 bridgehead atoms. The number of para-hydroxylation sites is 2. The Bertz CT molecular complexity index is 3490. The van der Waals surface area contributed by atoms with Crippen molar-refractivity contribution in [3.8, 4) is 39.1 Å². The molecule has 0 saturated heterocycles. The zero-order valence-corrected chi connectivity index (χ0v) is 39.1. The van der Waals surface area contributed by atoms with Crippen LogP contribution in [0.15, 0.2) is 291 Å². The Hall–Kier alpha value is -8.76. The van der Waals surface area contributed by atoms with Crippen LogP contribution in [-0.4, -0.2) is 12.6 Å². The molecule has 3 heteroatoms. The summed E-state index contributed by atoms with van der Waals surface area (Å²) in [6.45, 7) is 0. The van der Waals surface area contributed by atoms with Crippen LogP contribution < -0.4 is 25.6 Å². The molecule has 0 unspecified atom stereocenters. The second-order valence-electron chi connectivity index (χ2n) is 17.7. The Labute approximate surface area is 405 Å². The molecule has 12 aromatic rings. The molecular weight excluding hydrogens is 849 g/mol. The maximum Gasteiger partial charge on any atom is 0.181 e. The summed E-state index contributed by atoms with van der Waals surface area (Å²) in [5.74, 6) is 0. The van der Waals surface area contributed by atoms with Crippen molar-refractivity contribution in [1.29, 1.82) is 0 Å². The van der Waals surface area contributed by atoms with Crippen molar-refractivity contribution in [3.05, 3.63) is 291 Å². The maximum absolute atomic E-state index is 2.91. The lowest BCUT2D eigenvalue weighted by Crippen LogP contribution is -2.75. The molecule has 0 aliphatic rings. The van der Waals surface area contributed by atoms with Gasteiger partial charge in [-0.25, -0.2) is 0 Å². The molecule has 0 aliphatic carbocycles. The minimum absolute atomic E-state index is 1.09. The average molecular weight is 897 g/mol. The Balaban J connectivity index is 0.991. The predicted octanol–water partition coefficient (Wildman–Crippen LogP) is 14.6. The maximum atomic E-state index is 2.54. The Morgan fingerprint density at radius 1 is 0.275 bits per heavy atom. The number of hydrogen-bond acceptors (Lipinski definition) is 1. The van der Waals surface area contributed by atoms with E-state index in [9.17, 15) is 0 Å². The van der Waals surface area contributed by atoms with E-state index in [-0.39, 0.29) is 0 Å². The van der Waals surface area contributed by atoms with Crippen molar-refractivity contribution < 1.29 is 0 Å². The fourth-order valence-electron chi connectivity index (χ4n) is 10.6. The summed E-state index contributed by atoms with van der Waals surface area (Å²) in [7, 11) is -2.91. The average Bonchev–Trinajstić information content (AvgIpc) is 3.78. The molecule has 1 aromatic heterocycles.